The number of ether oxygens (including phenoxy) is 1. The van der Waals surface area contributed by atoms with Crippen LogP contribution in [0.3, 0.4) is 0 Å². The zero-order chi connectivity index (χ0) is 27.2. The number of amides is 3. The van der Waals surface area contributed by atoms with E-state index in [1.54, 1.807) is 49.6 Å². The Morgan fingerprint density at radius 2 is 1.69 bits per heavy atom. The van der Waals surface area contributed by atoms with E-state index in [-0.39, 0.29) is 23.5 Å². The molecule has 3 amide bonds. The van der Waals surface area contributed by atoms with Gasteiger partial charge in [-0.2, -0.15) is 0 Å². The number of anilines is 2. The number of thioether (sulfide) groups is 1. The number of aromatic nitrogens is 1. The molecule has 0 bridgehead atoms. The molecular weight excluding hydrogens is 532 g/mol. The second-order valence-corrected chi connectivity index (χ2v) is 11.3. The minimum absolute atomic E-state index is 0.102. The molecule has 2 N–H and O–H groups in total. The molecule has 5 rings (SSSR count). The first kappa shape index (κ1) is 26.7. The zero-order valence-electron chi connectivity index (χ0n) is 21.4. The summed E-state index contributed by atoms with van der Waals surface area (Å²) in [4.78, 5) is 45.2. The lowest BCUT2D eigenvalue weighted by molar-refractivity contribution is -0.113. The summed E-state index contributed by atoms with van der Waals surface area (Å²) in [5, 5.41) is 5.80. The van der Waals surface area contributed by atoms with E-state index in [1.807, 2.05) is 29.2 Å². The van der Waals surface area contributed by atoms with Gasteiger partial charge in [0.15, 0.2) is 4.34 Å². The fourth-order valence-electron chi connectivity index (χ4n) is 4.44. The fraction of sp³-hybridized carbons (Fsp3) is 0.241. The molecule has 0 spiro atoms. The maximum atomic E-state index is 13.2. The van der Waals surface area contributed by atoms with E-state index >= 15 is 0 Å². The van der Waals surface area contributed by atoms with Crippen LogP contribution in [0.25, 0.3) is 10.2 Å². The van der Waals surface area contributed by atoms with Gasteiger partial charge in [-0.25, -0.2) is 4.98 Å². The van der Waals surface area contributed by atoms with Crippen LogP contribution in [-0.2, 0) is 4.79 Å². The summed E-state index contributed by atoms with van der Waals surface area (Å²) in [6.07, 6.45) is 3.10. The molecule has 200 valence electrons. The third-order valence-corrected chi connectivity index (χ3v) is 8.54. The van der Waals surface area contributed by atoms with Crippen molar-refractivity contribution in [2.24, 2.45) is 0 Å². The van der Waals surface area contributed by atoms with Crippen LogP contribution in [0.5, 0.6) is 5.75 Å². The van der Waals surface area contributed by atoms with Crippen molar-refractivity contribution in [3.05, 3.63) is 77.9 Å². The SMILES string of the molecule is COc1ccccc1NC(=O)CSc1nc2ccc(NC(=O)c3ccccc3C(=O)N3CCCCC3)cc2s1. The number of nitrogens with zero attached hydrogens (tertiary/aromatic N) is 2. The van der Waals surface area contributed by atoms with E-state index in [2.05, 4.69) is 15.6 Å². The molecule has 1 aliphatic heterocycles. The summed E-state index contributed by atoms with van der Waals surface area (Å²) in [6, 6.07) is 19.7. The van der Waals surface area contributed by atoms with Gasteiger partial charge < -0.3 is 20.3 Å². The van der Waals surface area contributed by atoms with Gasteiger partial charge in [-0.3, -0.25) is 14.4 Å². The molecule has 2 heterocycles. The minimum Gasteiger partial charge on any atom is -0.495 e. The van der Waals surface area contributed by atoms with Crippen molar-refractivity contribution in [2.75, 3.05) is 36.6 Å². The van der Waals surface area contributed by atoms with E-state index < -0.39 is 0 Å². The van der Waals surface area contributed by atoms with Crippen molar-refractivity contribution >= 4 is 62.4 Å². The van der Waals surface area contributed by atoms with Gasteiger partial charge in [0, 0.05) is 18.8 Å². The number of nitrogens with one attached hydrogen (secondary N) is 2. The minimum atomic E-state index is -0.331. The average molecular weight is 561 g/mol. The second-order valence-electron chi connectivity index (χ2n) is 9.05. The van der Waals surface area contributed by atoms with Crippen LogP contribution >= 0.6 is 23.1 Å². The smallest absolute Gasteiger partial charge is 0.256 e. The standard InChI is InChI=1S/C29H28N4O4S2/c1-37-24-12-6-5-11-22(24)31-26(34)18-38-29-32-23-14-13-19(17-25(23)39-29)30-27(35)20-9-3-4-10-21(20)28(36)33-15-7-2-8-16-33/h3-6,9-14,17H,2,7-8,15-16,18H2,1H3,(H,30,35)(H,31,34). The molecule has 8 nitrogen and oxygen atoms in total. The molecule has 39 heavy (non-hydrogen) atoms. The van der Waals surface area contributed by atoms with E-state index in [0.717, 1.165) is 46.9 Å². The Balaban J connectivity index is 1.24. The predicted molar refractivity (Wildman–Crippen MR) is 156 cm³/mol. The fourth-order valence-corrected chi connectivity index (χ4v) is 6.35. The Morgan fingerprint density at radius 1 is 0.949 bits per heavy atom. The number of rotatable bonds is 8. The first-order valence-electron chi connectivity index (χ1n) is 12.7. The van der Waals surface area contributed by atoms with Crippen molar-refractivity contribution in [2.45, 2.75) is 23.6 Å². The average Bonchev–Trinajstić information content (AvgIpc) is 3.39. The Morgan fingerprint density at radius 3 is 2.49 bits per heavy atom. The van der Waals surface area contributed by atoms with E-state index in [0.29, 0.717) is 28.3 Å². The van der Waals surface area contributed by atoms with Gasteiger partial charge in [-0.15, -0.1) is 11.3 Å². The van der Waals surface area contributed by atoms with Crippen LogP contribution < -0.4 is 15.4 Å². The molecule has 0 saturated carbocycles. The van der Waals surface area contributed by atoms with Crippen LogP contribution in [-0.4, -0.2) is 53.6 Å². The number of thiazole rings is 1. The second kappa shape index (κ2) is 12.3. The zero-order valence-corrected chi connectivity index (χ0v) is 23.1. The quantitative estimate of drug-likeness (QED) is 0.260. The molecule has 4 aromatic rings. The lowest BCUT2D eigenvalue weighted by Gasteiger charge is -2.27. The van der Waals surface area contributed by atoms with Crippen molar-refractivity contribution in [3.63, 3.8) is 0 Å². The number of fused-ring (bicyclic) bond motifs is 1. The maximum absolute atomic E-state index is 13.2. The molecule has 3 aromatic carbocycles. The summed E-state index contributed by atoms with van der Waals surface area (Å²) in [5.41, 5.74) is 2.79. The van der Waals surface area contributed by atoms with Crippen LogP contribution in [0.4, 0.5) is 11.4 Å². The van der Waals surface area contributed by atoms with Gasteiger partial charge in [0.1, 0.15) is 5.75 Å². The van der Waals surface area contributed by atoms with Gasteiger partial charge in [0.05, 0.1) is 39.9 Å². The largest absolute Gasteiger partial charge is 0.495 e. The molecule has 0 atom stereocenters. The van der Waals surface area contributed by atoms with Crippen LogP contribution in [0.2, 0.25) is 0 Å². The lowest BCUT2D eigenvalue weighted by Crippen LogP contribution is -2.36. The maximum Gasteiger partial charge on any atom is 0.256 e. The van der Waals surface area contributed by atoms with Crippen LogP contribution in [0.15, 0.2) is 71.1 Å². The van der Waals surface area contributed by atoms with Crippen LogP contribution in [0, 0.1) is 0 Å². The van der Waals surface area contributed by atoms with E-state index in [9.17, 15) is 14.4 Å². The highest BCUT2D eigenvalue weighted by Crippen LogP contribution is 2.32. The topological polar surface area (TPSA) is 101 Å². The van der Waals surface area contributed by atoms with Gasteiger partial charge in [-0.05, 0) is 61.7 Å². The van der Waals surface area contributed by atoms with Gasteiger partial charge >= 0.3 is 0 Å². The summed E-state index contributed by atoms with van der Waals surface area (Å²) in [6.45, 7) is 1.44. The Bertz CT molecular complexity index is 1510. The number of carbonyl (C=O) groups is 3. The number of hydrogen-bond acceptors (Lipinski definition) is 7. The molecule has 0 radical (unpaired) electrons. The van der Waals surface area contributed by atoms with Gasteiger partial charge in [0.2, 0.25) is 5.91 Å². The van der Waals surface area contributed by atoms with Crippen LogP contribution in [0.1, 0.15) is 40.0 Å². The van der Waals surface area contributed by atoms with Gasteiger partial charge in [0.25, 0.3) is 11.8 Å². The number of likely N-dealkylation sites (tertiary alicyclic amines) is 1. The Hall–Kier alpha value is -3.89. The normalized spacial score (nSPS) is 13.2. The molecular formula is C29H28N4O4S2. The highest BCUT2D eigenvalue weighted by atomic mass is 32.2. The van der Waals surface area contributed by atoms with E-state index in [4.69, 9.17) is 4.74 Å². The van der Waals surface area contributed by atoms with Crippen molar-refractivity contribution in [3.8, 4) is 5.75 Å². The number of methoxy groups -OCH3 is 1. The van der Waals surface area contributed by atoms with Crippen molar-refractivity contribution in [1.82, 2.24) is 9.88 Å². The number of carbonyl (C=O) groups excluding carboxylic acids is 3. The lowest BCUT2D eigenvalue weighted by atomic mass is 10.0. The molecule has 1 fully saturated rings. The molecule has 1 saturated heterocycles. The number of para-hydroxylation sites is 2. The third-order valence-electron chi connectivity index (χ3n) is 6.38. The number of benzene rings is 3. The van der Waals surface area contributed by atoms with Gasteiger partial charge in [-0.1, -0.05) is 36.0 Å². The molecule has 1 aromatic heterocycles. The first-order chi connectivity index (χ1) is 19.0. The first-order valence-corrected chi connectivity index (χ1v) is 14.5. The molecule has 0 unspecified atom stereocenters. The summed E-state index contributed by atoms with van der Waals surface area (Å²) in [7, 11) is 1.56. The monoisotopic (exact) mass is 560 g/mol. The summed E-state index contributed by atoms with van der Waals surface area (Å²) >= 11 is 2.80. The number of piperidine rings is 1. The third kappa shape index (κ3) is 6.40. The highest BCUT2D eigenvalue weighted by molar-refractivity contribution is 8.01. The number of hydrogen-bond donors (Lipinski definition) is 2. The molecule has 1 aliphatic rings. The predicted octanol–water partition coefficient (Wildman–Crippen LogP) is 5.91. The molecule has 10 heteroatoms. The molecule has 0 aliphatic carbocycles. The van der Waals surface area contributed by atoms with Crippen molar-refractivity contribution in [1.29, 1.82) is 0 Å². The summed E-state index contributed by atoms with van der Waals surface area (Å²) in [5.74, 6) is 0.208. The summed E-state index contributed by atoms with van der Waals surface area (Å²) < 4.78 is 6.92. The Labute approximate surface area is 234 Å². The highest BCUT2D eigenvalue weighted by Gasteiger charge is 2.23. The Kier molecular flexibility index (Phi) is 8.43. The van der Waals surface area contributed by atoms with E-state index in [1.165, 1.54) is 23.1 Å². The van der Waals surface area contributed by atoms with Crippen molar-refractivity contribution < 1.29 is 19.1 Å².